The van der Waals surface area contributed by atoms with Crippen LogP contribution < -0.4 is 5.73 Å². The fraction of sp³-hybridized carbons (Fsp3) is 0.500. The third kappa shape index (κ3) is 4.00. The van der Waals surface area contributed by atoms with Crippen LogP contribution >= 0.6 is 15.9 Å². The quantitative estimate of drug-likeness (QED) is 0.847. The Morgan fingerprint density at radius 2 is 2.06 bits per heavy atom. The van der Waals surface area contributed by atoms with Gasteiger partial charge in [0.05, 0.1) is 16.3 Å². The zero-order valence-corrected chi connectivity index (χ0v) is 12.5. The Bertz CT molecular complexity index is 485. The number of benzene rings is 1. The summed E-state index contributed by atoms with van der Waals surface area (Å²) >= 11 is 3.26. The molecule has 0 saturated heterocycles. The Kier molecular flexibility index (Phi) is 5.01. The Morgan fingerprint density at radius 1 is 1.41 bits per heavy atom. The van der Waals surface area contributed by atoms with Gasteiger partial charge in [0.25, 0.3) is 0 Å². The van der Waals surface area contributed by atoms with E-state index in [0.717, 1.165) is 17.3 Å². The number of hydrogen-bond acceptors (Lipinski definition) is 3. The maximum absolute atomic E-state index is 12.2. The Hall–Kier alpha value is -0.550. The highest BCUT2D eigenvalue weighted by Gasteiger charge is 2.20. The van der Waals surface area contributed by atoms with Crippen molar-refractivity contribution in [3.8, 4) is 0 Å². The van der Waals surface area contributed by atoms with Gasteiger partial charge in [-0.2, -0.15) is 0 Å². The van der Waals surface area contributed by atoms with Crippen molar-refractivity contribution < 1.29 is 8.42 Å². The standard InChI is InChI=1S/C12H18BrNO2S/c1-3-4-9(2)8-17(15,16)12-6-5-10(13)7-11(12)14/h5-7,9H,3-4,8,14H2,1-2H3. The van der Waals surface area contributed by atoms with Gasteiger partial charge in [0.15, 0.2) is 9.84 Å². The molecular weight excluding hydrogens is 302 g/mol. The highest BCUT2D eigenvalue weighted by molar-refractivity contribution is 9.10. The number of sulfone groups is 1. The topological polar surface area (TPSA) is 60.2 Å². The predicted molar refractivity (Wildman–Crippen MR) is 74.7 cm³/mol. The van der Waals surface area contributed by atoms with Crippen LogP contribution in [-0.2, 0) is 9.84 Å². The van der Waals surface area contributed by atoms with Gasteiger partial charge in [-0.15, -0.1) is 0 Å². The van der Waals surface area contributed by atoms with Gasteiger partial charge in [-0.1, -0.05) is 36.2 Å². The zero-order chi connectivity index (χ0) is 13.1. The number of hydrogen-bond donors (Lipinski definition) is 1. The minimum atomic E-state index is -3.27. The predicted octanol–water partition coefficient (Wildman–Crippen LogP) is 3.24. The molecule has 0 aromatic heterocycles. The minimum absolute atomic E-state index is 0.159. The first-order valence-electron chi connectivity index (χ1n) is 5.64. The molecule has 2 N–H and O–H groups in total. The molecule has 0 aliphatic rings. The van der Waals surface area contributed by atoms with E-state index in [1.54, 1.807) is 18.2 Å². The molecule has 0 aliphatic heterocycles. The maximum Gasteiger partial charge on any atom is 0.180 e. The summed E-state index contributed by atoms with van der Waals surface area (Å²) in [5, 5.41) is 0. The van der Waals surface area contributed by atoms with Crippen LogP contribution in [0.2, 0.25) is 0 Å². The van der Waals surface area contributed by atoms with Crippen molar-refractivity contribution in [1.29, 1.82) is 0 Å². The van der Waals surface area contributed by atoms with Crippen molar-refractivity contribution in [2.24, 2.45) is 5.92 Å². The monoisotopic (exact) mass is 319 g/mol. The van der Waals surface area contributed by atoms with Gasteiger partial charge in [-0.25, -0.2) is 8.42 Å². The minimum Gasteiger partial charge on any atom is -0.398 e. The number of nitrogen functional groups attached to an aromatic ring is 1. The van der Waals surface area contributed by atoms with Crippen molar-refractivity contribution >= 4 is 31.5 Å². The molecule has 5 heteroatoms. The first-order chi connectivity index (χ1) is 7.86. The van der Waals surface area contributed by atoms with Crippen molar-refractivity contribution in [3.05, 3.63) is 22.7 Å². The molecule has 1 aromatic rings. The van der Waals surface area contributed by atoms with Crippen LogP contribution in [0.15, 0.2) is 27.6 Å². The third-order valence-electron chi connectivity index (χ3n) is 2.59. The smallest absolute Gasteiger partial charge is 0.180 e. The molecule has 0 saturated carbocycles. The summed E-state index contributed by atoms with van der Waals surface area (Å²) in [5.74, 6) is 0.320. The molecule has 0 amide bonds. The lowest BCUT2D eigenvalue weighted by molar-refractivity contribution is 0.545. The van der Waals surface area contributed by atoms with Gasteiger partial charge in [0.1, 0.15) is 0 Å². The first kappa shape index (κ1) is 14.5. The summed E-state index contributed by atoms with van der Waals surface area (Å²) in [6.45, 7) is 4.01. The number of rotatable bonds is 5. The van der Waals surface area contributed by atoms with Gasteiger partial charge in [-0.3, -0.25) is 0 Å². The fourth-order valence-corrected chi connectivity index (χ4v) is 4.01. The Balaban J connectivity index is 2.97. The van der Waals surface area contributed by atoms with Gasteiger partial charge in [0, 0.05) is 4.47 Å². The van der Waals surface area contributed by atoms with Crippen LogP contribution in [0, 0.1) is 5.92 Å². The first-order valence-corrected chi connectivity index (χ1v) is 8.09. The second-order valence-corrected chi connectivity index (χ2v) is 7.28. The van der Waals surface area contributed by atoms with E-state index in [-0.39, 0.29) is 16.6 Å². The molecule has 1 aromatic carbocycles. The van der Waals surface area contributed by atoms with Gasteiger partial charge < -0.3 is 5.73 Å². The van der Waals surface area contributed by atoms with Gasteiger partial charge in [-0.05, 0) is 30.5 Å². The zero-order valence-electron chi connectivity index (χ0n) is 10.1. The molecule has 96 valence electrons. The summed E-state index contributed by atoms with van der Waals surface area (Å²) in [6, 6.07) is 4.89. The molecule has 0 spiro atoms. The van der Waals surface area contributed by atoms with E-state index in [1.807, 2.05) is 6.92 Å². The van der Waals surface area contributed by atoms with Crippen LogP contribution in [0.3, 0.4) is 0 Å². The highest BCUT2D eigenvalue weighted by atomic mass is 79.9. The second kappa shape index (κ2) is 5.87. The van der Waals surface area contributed by atoms with Crippen molar-refractivity contribution in [2.75, 3.05) is 11.5 Å². The Labute approximate surface area is 111 Å². The van der Waals surface area contributed by atoms with E-state index >= 15 is 0 Å². The van der Waals surface area contributed by atoms with E-state index in [1.165, 1.54) is 0 Å². The summed E-state index contributed by atoms with van der Waals surface area (Å²) < 4.78 is 25.1. The van der Waals surface area contributed by atoms with Crippen molar-refractivity contribution in [2.45, 2.75) is 31.6 Å². The van der Waals surface area contributed by atoms with Crippen molar-refractivity contribution in [1.82, 2.24) is 0 Å². The van der Waals surface area contributed by atoms with Crippen LogP contribution in [0.5, 0.6) is 0 Å². The van der Waals surface area contributed by atoms with Crippen LogP contribution in [0.1, 0.15) is 26.7 Å². The van der Waals surface area contributed by atoms with E-state index in [2.05, 4.69) is 22.9 Å². The molecule has 1 rings (SSSR count). The lowest BCUT2D eigenvalue weighted by Crippen LogP contribution is -2.15. The molecule has 1 atom stereocenters. The number of nitrogens with two attached hydrogens (primary N) is 1. The average molecular weight is 320 g/mol. The molecule has 0 fully saturated rings. The van der Waals surface area contributed by atoms with Gasteiger partial charge >= 0.3 is 0 Å². The number of halogens is 1. The summed E-state index contributed by atoms with van der Waals surface area (Å²) in [5.41, 5.74) is 6.06. The van der Waals surface area contributed by atoms with E-state index < -0.39 is 9.84 Å². The molecule has 1 unspecified atom stereocenters. The van der Waals surface area contributed by atoms with E-state index in [9.17, 15) is 8.42 Å². The highest BCUT2D eigenvalue weighted by Crippen LogP contribution is 2.25. The third-order valence-corrected chi connectivity index (χ3v) is 5.14. The fourth-order valence-electron chi connectivity index (χ4n) is 1.84. The normalized spacial score (nSPS) is 13.6. The average Bonchev–Trinajstić information content (AvgIpc) is 2.15. The van der Waals surface area contributed by atoms with E-state index in [0.29, 0.717) is 5.69 Å². The molecule has 0 heterocycles. The molecule has 0 radical (unpaired) electrons. The maximum atomic E-state index is 12.2. The van der Waals surface area contributed by atoms with Gasteiger partial charge in [0.2, 0.25) is 0 Å². The summed E-state index contributed by atoms with van der Waals surface area (Å²) in [6.07, 6.45) is 1.90. The second-order valence-electron chi connectivity index (χ2n) is 4.36. The lowest BCUT2D eigenvalue weighted by Gasteiger charge is -2.12. The molecule has 0 aliphatic carbocycles. The lowest BCUT2D eigenvalue weighted by atomic mass is 10.1. The molecule has 3 nitrogen and oxygen atoms in total. The van der Waals surface area contributed by atoms with Crippen LogP contribution in [0.4, 0.5) is 5.69 Å². The molecule has 0 bridgehead atoms. The SMILES string of the molecule is CCCC(C)CS(=O)(=O)c1ccc(Br)cc1N. The summed E-state index contributed by atoms with van der Waals surface area (Å²) in [4.78, 5) is 0.239. The molecular formula is C12H18BrNO2S. The van der Waals surface area contributed by atoms with Crippen molar-refractivity contribution in [3.63, 3.8) is 0 Å². The molecule has 17 heavy (non-hydrogen) atoms. The number of anilines is 1. The largest absolute Gasteiger partial charge is 0.398 e. The van der Waals surface area contributed by atoms with E-state index in [4.69, 9.17) is 5.73 Å². The Morgan fingerprint density at radius 3 is 2.59 bits per heavy atom. The van der Waals surface area contributed by atoms with Crippen LogP contribution in [0.25, 0.3) is 0 Å². The van der Waals surface area contributed by atoms with Crippen LogP contribution in [-0.4, -0.2) is 14.2 Å². The summed E-state index contributed by atoms with van der Waals surface area (Å²) in [7, 11) is -3.27.